The van der Waals surface area contributed by atoms with Gasteiger partial charge in [0.1, 0.15) is 5.69 Å². The highest BCUT2D eigenvalue weighted by Gasteiger charge is 2.24. The highest BCUT2D eigenvalue weighted by molar-refractivity contribution is 9.11. The number of anilines is 1. The molecule has 0 bridgehead atoms. The molecule has 2 aromatic heterocycles. The van der Waals surface area contributed by atoms with E-state index in [-0.39, 0.29) is 10.6 Å². The highest BCUT2D eigenvalue weighted by Crippen LogP contribution is 2.28. The van der Waals surface area contributed by atoms with Gasteiger partial charge in [-0.2, -0.15) is 5.10 Å². The van der Waals surface area contributed by atoms with Crippen LogP contribution in [0.3, 0.4) is 0 Å². The van der Waals surface area contributed by atoms with Crippen molar-refractivity contribution in [1.29, 1.82) is 0 Å². The molecule has 2 heterocycles. The van der Waals surface area contributed by atoms with Gasteiger partial charge < -0.3 is 5.32 Å². The molecule has 0 aliphatic carbocycles. The molecule has 1 N–H and O–H groups in total. The van der Waals surface area contributed by atoms with Crippen LogP contribution in [0.15, 0.2) is 15.9 Å². The van der Waals surface area contributed by atoms with Crippen LogP contribution in [0.2, 0.25) is 0 Å². The third kappa shape index (κ3) is 3.18. The number of hydrogen-bond acceptors (Lipinski definition) is 5. The van der Waals surface area contributed by atoms with Gasteiger partial charge in [0.25, 0.3) is 0 Å². The molecule has 0 aromatic carbocycles. The second kappa shape index (κ2) is 6.36. The fraction of sp³-hybridized carbons (Fsp3) is 0.417. The van der Waals surface area contributed by atoms with Gasteiger partial charge in [0.2, 0.25) is 5.82 Å². The molecule has 0 radical (unpaired) electrons. The lowest BCUT2D eigenvalue weighted by molar-refractivity contribution is -0.384. The van der Waals surface area contributed by atoms with Crippen molar-refractivity contribution in [3.8, 4) is 0 Å². The predicted octanol–water partition coefficient (Wildman–Crippen LogP) is 3.60. The van der Waals surface area contributed by atoms with E-state index in [0.717, 1.165) is 10.2 Å². The maximum Gasteiger partial charge on any atom is 0.333 e. The molecule has 0 fully saturated rings. The highest BCUT2D eigenvalue weighted by atomic mass is 79.9. The van der Waals surface area contributed by atoms with E-state index in [0.29, 0.717) is 24.6 Å². The minimum atomic E-state index is -0.376. The number of thiophene rings is 1. The van der Waals surface area contributed by atoms with E-state index in [9.17, 15) is 10.1 Å². The minimum Gasteiger partial charge on any atom is -0.364 e. The van der Waals surface area contributed by atoms with E-state index in [2.05, 4.69) is 26.3 Å². The monoisotopic (exact) mass is 358 g/mol. The Kier molecular flexibility index (Phi) is 4.77. The van der Waals surface area contributed by atoms with Crippen molar-refractivity contribution in [3.63, 3.8) is 0 Å². The molecule has 0 spiro atoms. The second-order valence-corrected chi connectivity index (χ2v) is 6.79. The van der Waals surface area contributed by atoms with E-state index >= 15 is 0 Å². The first-order chi connectivity index (χ1) is 9.52. The van der Waals surface area contributed by atoms with Crippen LogP contribution in [0.5, 0.6) is 0 Å². The summed E-state index contributed by atoms with van der Waals surface area (Å²) in [5.41, 5.74) is 0.512. The number of halogens is 1. The lowest BCUT2D eigenvalue weighted by Crippen LogP contribution is -2.11. The van der Waals surface area contributed by atoms with E-state index in [1.54, 1.807) is 22.9 Å². The van der Waals surface area contributed by atoms with Gasteiger partial charge in [-0.25, -0.2) is 4.68 Å². The van der Waals surface area contributed by atoms with Crippen molar-refractivity contribution < 1.29 is 4.92 Å². The van der Waals surface area contributed by atoms with Gasteiger partial charge in [0, 0.05) is 18.0 Å². The van der Waals surface area contributed by atoms with Gasteiger partial charge in [0.15, 0.2) is 0 Å². The van der Waals surface area contributed by atoms with Crippen molar-refractivity contribution in [1.82, 2.24) is 9.78 Å². The van der Waals surface area contributed by atoms with Crippen molar-refractivity contribution in [2.24, 2.45) is 0 Å². The summed E-state index contributed by atoms with van der Waals surface area (Å²) < 4.78 is 2.73. The number of hydrogen-bond donors (Lipinski definition) is 1. The number of nitrogens with zero attached hydrogens (tertiary/aromatic N) is 3. The van der Waals surface area contributed by atoms with Gasteiger partial charge in [0.05, 0.1) is 8.71 Å². The molecule has 2 aromatic rings. The van der Waals surface area contributed by atoms with E-state index in [1.807, 2.05) is 19.1 Å². The van der Waals surface area contributed by atoms with Crippen molar-refractivity contribution in [2.45, 2.75) is 26.8 Å². The average Bonchev–Trinajstić information content (AvgIpc) is 2.93. The average molecular weight is 359 g/mol. The van der Waals surface area contributed by atoms with Crippen LogP contribution < -0.4 is 5.32 Å². The van der Waals surface area contributed by atoms with Crippen LogP contribution in [0.1, 0.15) is 17.5 Å². The van der Waals surface area contributed by atoms with E-state index in [4.69, 9.17) is 0 Å². The van der Waals surface area contributed by atoms with Crippen molar-refractivity contribution in [2.75, 3.05) is 11.9 Å². The van der Waals surface area contributed by atoms with Crippen LogP contribution in [0.25, 0.3) is 0 Å². The number of rotatable bonds is 6. The summed E-state index contributed by atoms with van der Waals surface area (Å²) in [5.74, 6) is 0.491. The minimum absolute atomic E-state index is 0.0687. The molecule has 0 aliphatic rings. The zero-order valence-corrected chi connectivity index (χ0v) is 13.6. The Morgan fingerprint density at radius 2 is 2.30 bits per heavy atom. The molecule has 20 heavy (non-hydrogen) atoms. The molecule has 0 unspecified atom stereocenters. The summed E-state index contributed by atoms with van der Waals surface area (Å²) in [6.45, 7) is 4.81. The van der Waals surface area contributed by atoms with Crippen LogP contribution in [0.4, 0.5) is 11.5 Å². The van der Waals surface area contributed by atoms with Gasteiger partial charge >= 0.3 is 5.69 Å². The Hall–Kier alpha value is -1.41. The maximum atomic E-state index is 11.1. The van der Waals surface area contributed by atoms with Gasteiger partial charge in [-0.15, -0.1) is 11.3 Å². The number of nitrogens with one attached hydrogen (secondary N) is 1. The summed E-state index contributed by atoms with van der Waals surface area (Å²) in [4.78, 5) is 12.0. The number of nitro groups is 1. The standard InChI is InChI=1S/C12H15BrN4O2S/c1-3-16-12(11(17(18)19)8(2)15-16)14-7-6-9-4-5-10(13)20-9/h4-5,14H,3,6-7H2,1-2H3. The zero-order valence-electron chi connectivity index (χ0n) is 11.2. The van der Waals surface area contributed by atoms with Crippen LogP contribution >= 0.6 is 27.3 Å². The predicted molar refractivity (Wildman–Crippen MR) is 83.5 cm³/mol. The van der Waals surface area contributed by atoms with Crippen LogP contribution in [0, 0.1) is 17.0 Å². The molecule has 6 nitrogen and oxygen atoms in total. The van der Waals surface area contributed by atoms with Gasteiger partial charge in [-0.05, 0) is 48.3 Å². The summed E-state index contributed by atoms with van der Waals surface area (Å²) in [6, 6.07) is 4.05. The maximum absolute atomic E-state index is 11.1. The quantitative estimate of drug-likeness (QED) is 0.632. The molecule has 0 atom stereocenters. The SMILES string of the molecule is CCn1nc(C)c([N+](=O)[O-])c1NCCc1ccc(Br)s1. The van der Waals surface area contributed by atoms with Crippen LogP contribution in [-0.4, -0.2) is 21.2 Å². The molecular weight excluding hydrogens is 344 g/mol. The smallest absolute Gasteiger partial charge is 0.333 e. The van der Waals surface area contributed by atoms with Crippen LogP contribution in [-0.2, 0) is 13.0 Å². The van der Waals surface area contributed by atoms with E-state index < -0.39 is 0 Å². The fourth-order valence-electron chi connectivity index (χ4n) is 1.98. The normalized spacial score (nSPS) is 10.8. The Bertz CT molecular complexity index is 623. The molecule has 8 heteroatoms. The lowest BCUT2D eigenvalue weighted by atomic mass is 10.3. The lowest BCUT2D eigenvalue weighted by Gasteiger charge is -2.06. The molecule has 2 rings (SSSR count). The molecule has 108 valence electrons. The molecule has 0 aliphatic heterocycles. The number of aryl methyl sites for hydroxylation is 2. The Balaban J connectivity index is 2.10. The van der Waals surface area contributed by atoms with E-state index in [1.165, 1.54) is 4.88 Å². The Morgan fingerprint density at radius 3 is 2.85 bits per heavy atom. The summed E-state index contributed by atoms with van der Waals surface area (Å²) >= 11 is 5.09. The molecule has 0 amide bonds. The van der Waals surface area contributed by atoms with Crippen molar-refractivity contribution >= 4 is 38.8 Å². The Morgan fingerprint density at radius 1 is 1.55 bits per heavy atom. The summed E-state index contributed by atoms with van der Waals surface area (Å²) in [6.07, 6.45) is 0.821. The summed E-state index contributed by atoms with van der Waals surface area (Å²) in [5, 5.41) is 18.4. The second-order valence-electron chi connectivity index (χ2n) is 4.24. The zero-order chi connectivity index (χ0) is 14.7. The summed E-state index contributed by atoms with van der Waals surface area (Å²) in [7, 11) is 0. The third-order valence-corrected chi connectivity index (χ3v) is 4.55. The first-order valence-corrected chi connectivity index (χ1v) is 7.83. The van der Waals surface area contributed by atoms with Crippen molar-refractivity contribution in [3.05, 3.63) is 36.6 Å². The molecular formula is C12H15BrN4O2S. The third-order valence-electron chi connectivity index (χ3n) is 2.87. The van der Waals surface area contributed by atoms with Gasteiger partial charge in [-0.1, -0.05) is 0 Å². The fourth-order valence-corrected chi connectivity index (χ4v) is 3.47. The molecule has 0 saturated carbocycles. The number of aromatic nitrogens is 2. The first-order valence-electron chi connectivity index (χ1n) is 6.22. The topological polar surface area (TPSA) is 73.0 Å². The van der Waals surface area contributed by atoms with Gasteiger partial charge in [-0.3, -0.25) is 10.1 Å². The Labute approximate surface area is 129 Å². The largest absolute Gasteiger partial charge is 0.364 e. The molecule has 0 saturated heterocycles. The first kappa shape index (κ1) is 15.0.